The topological polar surface area (TPSA) is 73.9 Å². The number of ketones is 1. The van der Waals surface area contributed by atoms with Gasteiger partial charge in [0.25, 0.3) is 0 Å². The Kier molecular flexibility index (Phi) is 7.85. The maximum Gasteiger partial charge on any atom is 0.159 e. The molecule has 0 saturated heterocycles. The molecule has 21 heavy (non-hydrogen) atoms. The summed E-state index contributed by atoms with van der Waals surface area (Å²) in [5.41, 5.74) is 7.45. The van der Waals surface area contributed by atoms with Crippen LogP contribution in [0.1, 0.15) is 29.8 Å². The molecule has 0 unspecified atom stereocenters. The van der Waals surface area contributed by atoms with Crippen LogP contribution in [-0.4, -0.2) is 37.8 Å². The van der Waals surface area contributed by atoms with Crippen LogP contribution in [-0.2, 0) is 10.5 Å². The van der Waals surface area contributed by atoms with E-state index in [0.717, 1.165) is 11.3 Å². The zero-order valence-electron chi connectivity index (χ0n) is 12.7. The van der Waals surface area contributed by atoms with E-state index in [4.69, 9.17) is 15.2 Å². The number of hydrogen-bond donors (Lipinski definition) is 1. The highest BCUT2D eigenvalue weighted by Gasteiger charge is 2.09. The van der Waals surface area contributed by atoms with Crippen molar-refractivity contribution in [3.05, 3.63) is 29.3 Å². The van der Waals surface area contributed by atoms with Gasteiger partial charge >= 0.3 is 0 Å². The molecule has 1 rings (SSSR count). The predicted octanol–water partition coefficient (Wildman–Crippen LogP) is 2.48. The summed E-state index contributed by atoms with van der Waals surface area (Å²) in [5, 5.41) is 0.503. The normalized spacial score (nSPS) is 11.5. The van der Waals surface area contributed by atoms with Crippen molar-refractivity contribution in [3.63, 3.8) is 0 Å². The maximum atomic E-state index is 11.5. The van der Waals surface area contributed by atoms with Crippen LogP contribution in [0, 0.1) is 0 Å². The number of Topliss-reactive ketones (excluding diaryl/α,β-unsaturated/α-hetero) is 1. The molecule has 0 aliphatic heterocycles. The molecule has 0 amide bonds. The monoisotopic (exact) mass is 310 g/mol. The number of amidine groups is 1. The van der Waals surface area contributed by atoms with Gasteiger partial charge in [0.05, 0.1) is 19.8 Å². The predicted molar refractivity (Wildman–Crippen MR) is 87.3 cm³/mol. The number of carbonyl (C=O) groups excluding carboxylic acids is 1. The van der Waals surface area contributed by atoms with Gasteiger partial charge in [0.15, 0.2) is 11.0 Å². The van der Waals surface area contributed by atoms with Crippen LogP contribution in [0.4, 0.5) is 0 Å². The van der Waals surface area contributed by atoms with Gasteiger partial charge in [-0.25, -0.2) is 0 Å². The number of nitrogens with two attached hydrogens (primary N) is 1. The van der Waals surface area contributed by atoms with Crippen molar-refractivity contribution < 1.29 is 14.3 Å². The molecule has 1 aromatic rings. The Morgan fingerprint density at radius 1 is 1.43 bits per heavy atom. The lowest BCUT2D eigenvalue weighted by Crippen LogP contribution is -2.09. The molecular weight excluding hydrogens is 288 g/mol. The third-order valence-electron chi connectivity index (χ3n) is 2.71. The van der Waals surface area contributed by atoms with Crippen molar-refractivity contribution in [2.75, 3.05) is 26.9 Å². The lowest BCUT2D eigenvalue weighted by Gasteiger charge is -2.11. The summed E-state index contributed by atoms with van der Waals surface area (Å²) in [6, 6.07) is 5.45. The van der Waals surface area contributed by atoms with Crippen LogP contribution in [0.5, 0.6) is 5.75 Å². The van der Waals surface area contributed by atoms with E-state index in [2.05, 4.69) is 4.99 Å². The number of methoxy groups -OCH3 is 1. The van der Waals surface area contributed by atoms with Crippen LogP contribution in [0.3, 0.4) is 0 Å². The zero-order chi connectivity index (χ0) is 15.7. The SMILES string of the molecule is CCOc1ccc(C(C)=O)cc1CSC(N)=NCCOC. The molecular formula is C15H22N2O3S. The van der Waals surface area contributed by atoms with E-state index in [-0.39, 0.29) is 5.78 Å². The summed E-state index contributed by atoms with van der Waals surface area (Å²) in [4.78, 5) is 15.7. The largest absolute Gasteiger partial charge is 0.494 e. The van der Waals surface area contributed by atoms with Crippen molar-refractivity contribution in [2.45, 2.75) is 19.6 Å². The second-order valence-corrected chi connectivity index (χ2v) is 5.31. The van der Waals surface area contributed by atoms with Gasteiger partial charge in [-0.2, -0.15) is 0 Å². The third kappa shape index (κ3) is 6.18. The number of aliphatic imine (C=N–C) groups is 1. The molecule has 116 valence electrons. The molecule has 0 aliphatic carbocycles. The van der Waals surface area contributed by atoms with Gasteiger partial charge in [0.2, 0.25) is 0 Å². The first kappa shape index (κ1) is 17.5. The zero-order valence-corrected chi connectivity index (χ0v) is 13.5. The lowest BCUT2D eigenvalue weighted by atomic mass is 10.1. The molecule has 2 N–H and O–H groups in total. The van der Waals surface area contributed by atoms with Crippen molar-refractivity contribution in [1.29, 1.82) is 0 Å². The maximum absolute atomic E-state index is 11.5. The first-order chi connectivity index (χ1) is 10.1. The van der Waals surface area contributed by atoms with Crippen LogP contribution in [0.25, 0.3) is 0 Å². The molecule has 0 heterocycles. The van der Waals surface area contributed by atoms with Crippen LogP contribution in [0.15, 0.2) is 23.2 Å². The van der Waals surface area contributed by atoms with Crippen LogP contribution in [0.2, 0.25) is 0 Å². The van der Waals surface area contributed by atoms with Crippen LogP contribution >= 0.6 is 11.8 Å². The van der Waals surface area contributed by atoms with E-state index < -0.39 is 0 Å². The fourth-order valence-electron chi connectivity index (χ4n) is 1.65. The quantitative estimate of drug-likeness (QED) is 0.345. The molecule has 5 nitrogen and oxygen atoms in total. The Hall–Kier alpha value is -1.53. The summed E-state index contributed by atoms with van der Waals surface area (Å²) in [5.74, 6) is 1.42. The Labute approximate surface area is 129 Å². The fourth-order valence-corrected chi connectivity index (χ4v) is 2.36. The first-order valence-electron chi connectivity index (χ1n) is 6.76. The molecule has 0 aliphatic rings. The summed E-state index contributed by atoms with van der Waals surface area (Å²) >= 11 is 1.42. The third-order valence-corrected chi connectivity index (χ3v) is 3.59. The van der Waals surface area contributed by atoms with E-state index in [1.54, 1.807) is 20.1 Å². The second kappa shape index (κ2) is 9.41. The molecule has 0 bridgehead atoms. The van der Waals surface area contributed by atoms with Gasteiger partial charge < -0.3 is 15.2 Å². The Morgan fingerprint density at radius 2 is 2.19 bits per heavy atom. The van der Waals surface area contributed by atoms with E-state index in [1.807, 2.05) is 19.1 Å². The van der Waals surface area contributed by atoms with Gasteiger partial charge in [-0.15, -0.1) is 0 Å². The average molecular weight is 310 g/mol. The van der Waals surface area contributed by atoms with Crippen molar-refractivity contribution >= 4 is 22.7 Å². The molecule has 0 saturated carbocycles. The molecule has 0 aromatic heterocycles. The molecule has 0 fully saturated rings. The van der Waals surface area contributed by atoms with Gasteiger partial charge in [0, 0.05) is 24.0 Å². The molecule has 1 aromatic carbocycles. The summed E-state index contributed by atoms with van der Waals surface area (Å²) in [6.07, 6.45) is 0. The smallest absolute Gasteiger partial charge is 0.159 e. The van der Waals surface area contributed by atoms with Crippen molar-refractivity contribution in [3.8, 4) is 5.75 Å². The summed E-state index contributed by atoms with van der Waals surface area (Å²) in [6.45, 7) is 5.14. The number of rotatable bonds is 8. The molecule has 6 heteroatoms. The van der Waals surface area contributed by atoms with E-state index in [1.165, 1.54) is 11.8 Å². The average Bonchev–Trinajstić information content (AvgIpc) is 2.46. The standard InChI is InChI=1S/C15H22N2O3S/c1-4-20-14-6-5-12(11(2)18)9-13(14)10-21-15(16)17-7-8-19-3/h5-6,9H,4,7-8,10H2,1-3H3,(H2,16,17). The summed E-state index contributed by atoms with van der Waals surface area (Å²) < 4.78 is 10.5. The Morgan fingerprint density at radius 3 is 2.81 bits per heavy atom. The molecule has 0 spiro atoms. The minimum atomic E-state index is 0.0334. The number of ether oxygens (including phenoxy) is 2. The highest BCUT2D eigenvalue weighted by Crippen LogP contribution is 2.25. The van der Waals surface area contributed by atoms with Gasteiger partial charge in [-0.1, -0.05) is 11.8 Å². The van der Waals surface area contributed by atoms with Gasteiger partial charge in [-0.05, 0) is 32.0 Å². The number of benzene rings is 1. The first-order valence-corrected chi connectivity index (χ1v) is 7.75. The number of thioether (sulfide) groups is 1. The van der Waals surface area contributed by atoms with E-state index >= 15 is 0 Å². The second-order valence-electron chi connectivity index (χ2n) is 4.31. The van der Waals surface area contributed by atoms with E-state index in [0.29, 0.717) is 36.2 Å². The van der Waals surface area contributed by atoms with Crippen molar-refractivity contribution in [1.82, 2.24) is 0 Å². The number of nitrogens with zero attached hydrogens (tertiary/aromatic N) is 1. The van der Waals surface area contributed by atoms with Gasteiger partial charge in [-0.3, -0.25) is 9.79 Å². The Balaban J connectivity index is 2.77. The highest BCUT2D eigenvalue weighted by molar-refractivity contribution is 8.13. The minimum absolute atomic E-state index is 0.0334. The van der Waals surface area contributed by atoms with Crippen molar-refractivity contribution in [2.24, 2.45) is 10.7 Å². The fraction of sp³-hybridized carbons (Fsp3) is 0.467. The molecule has 0 radical (unpaired) electrons. The lowest BCUT2D eigenvalue weighted by molar-refractivity contribution is 0.101. The Bertz CT molecular complexity index is 504. The van der Waals surface area contributed by atoms with E-state index in [9.17, 15) is 4.79 Å². The number of hydrogen-bond acceptors (Lipinski definition) is 5. The number of carbonyl (C=O) groups is 1. The summed E-state index contributed by atoms with van der Waals surface area (Å²) in [7, 11) is 1.63. The molecule has 0 atom stereocenters. The highest BCUT2D eigenvalue weighted by atomic mass is 32.2. The van der Waals surface area contributed by atoms with Gasteiger partial charge in [0.1, 0.15) is 5.75 Å². The minimum Gasteiger partial charge on any atom is -0.494 e. The van der Waals surface area contributed by atoms with Crippen LogP contribution < -0.4 is 10.5 Å².